The van der Waals surface area contributed by atoms with Crippen LogP contribution >= 0.6 is 0 Å². The maximum atomic E-state index is 13.5. The maximum Gasteiger partial charge on any atom is 0.253 e. The van der Waals surface area contributed by atoms with Crippen LogP contribution in [0.3, 0.4) is 0 Å². The molecule has 186 valence electrons. The normalized spacial score (nSPS) is 11.0. The summed E-state index contributed by atoms with van der Waals surface area (Å²) in [6.45, 7) is 2.59. The maximum absolute atomic E-state index is 13.5. The van der Waals surface area contributed by atoms with E-state index in [9.17, 15) is 9.18 Å². The van der Waals surface area contributed by atoms with Gasteiger partial charge in [-0.3, -0.25) is 9.89 Å². The zero-order valence-electron chi connectivity index (χ0n) is 20.6. The number of nitrogens with zero attached hydrogens (tertiary/aromatic N) is 4. The van der Waals surface area contributed by atoms with Gasteiger partial charge in [0.2, 0.25) is 11.8 Å². The number of aromatic amines is 1. The topological polar surface area (TPSA) is 87.9 Å². The summed E-state index contributed by atoms with van der Waals surface area (Å²) in [5.41, 5.74) is 5.68. The molecule has 0 unspecified atom stereocenters. The Morgan fingerprint density at radius 2 is 1.65 bits per heavy atom. The van der Waals surface area contributed by atoms with Crippen molar-refractivity contribution in [2.45, 2.75) is 19.8 Å². The Labute approximate surface area is 214 Å². The number of carbonyl (C=O) groups excluding carboxylic acids is 1. The van der Waals surface area contributed by atoms with Gasteiger partial charge in [0, 0.05) is 41.5 Å². The molecule has 0 aliphatic carbocycles. The molecule has 0 bridgehead atoms. The van der Waals surface area contributed by atoms with Crippen molar-refractivity contribution in [2.24, 2.45) is 0 Å². The van der Waals surface area contributed by atoms with E-state index in [4.69, 9.17) is 4.42 Å². The van der Waals surface area contributed by atoms with E-state index in [0.717, 1.165) is 40.8 Å². The van der Waals surface area contributed by atoms with Gasteiger partial charge in [0.15, 0.2) is 0 Å². The molecule has 1 amide bonds. The van der Waals surface area contributed by atoms with Crippen molar-refractivity contribution in [1.29, 1.82) is 0 Å². The molecule has 0 aliphatic rings. The molecule has 0 aliphatic heterocycles. The van der Waals surface area contributed by atoms with Gasteiger partial charge in [-0.1, -0.05) is 29.8 Å². The SMILES string of the molecule is Cc1cccc(-c2nnc(-c3ccc(C(=O)N(C)CCCc4cc(-c5cccc(F)c5)n[nH]4)cc3)o2)c1. The Morgan fingerprint density at radius 3 is 2.41 bits per heavy atom. The van der Waals surface area contributed by atoms with Gasteiger partial charge in [-0.2, -0.15) is 5.10 Å². The fourth-order valence-electron chi connectivity index (χ4n) is 4.10. The number of carbonyl (C=O) groups is 1. The number of halogens is 1. The second-order valence-corrected chi connectivity index (χ2v) is 8.98. The van der Waals surface area contributed by atoms with Crippen LogP contribution in [-0.4, -0.2) is 44.8 Å². The molecule has 0 spiro atoms. The molecule has 5 rings (SSSR count). The highest BCUT2D eigenvalue weighted by Crippen LogP contribution is 2.25. The molecular weight excluding hydrogens is 469 g/mol. The summed E-state index contributed by atoms with van der Waals surface area (Å²) in [4.78, 5) is 14.6. The third-order valence-corrected chi connectivity index (χ3v) is 6.11. The van der Waals surface area contributed by atoms with Crippen LogP contribution < -0.4 is 0 Å². The van der Waals surface area contributed by atoms with Crippen LogP contribution in [0.15, 0.2) is 83.3 Å². The Morgan fingerprint density at radius 1 is 0.919 bits per heavy atom. The van der Waals surface area contributed by atoms with E-state index in [1.54, 1.807) is 30.1 Å². The summed E-state index contributed by atoms with van der Waals surface area (Å²) in [6, 6.07) is 23.3. The van der Waals surface area contributed by atoms with Crippen molar-refractivity contribution in [1.82, 2.24) is 25.3 Å². The highest BCUT2D eigenvalue weighted by Gasteiger charge is 2.15. The van der Waals surface area contributed by atoms with Gasteiger partial charge in [0.25, 0.3) is 5.91 Å². The van der Waals surface area contributed by atoms with Crippen LogP contribution in [0.1, 0.15) is 28.0 Å². The predicted octanol–water partition coefficient (Wildman–Crippen LogP) is 5.95. The van der Waals surface area contributed by atoms with Crippen LogP contribution in [0.25, 0.3) is 34.2 Å². The van der Waals surface area contributed by atoms with Crippen molar-refractivity contribution in [3.8, 4) is 34.2 Å². The van der Waals surface area contributed by atoms with Gasteiger partial charge in [-0.15, -0.1) is 10.2 Å². The highest BCUT2D eigenvalue weighted by molar-refractivity contribution is 5.94. The minimum absolute atomic E-state index is 0.0670. The largest absolute Gasteiger partial charge is 0.416 e. The molecule has 5 aromatic rings. The highest BCUT2D eigenvalue weighted by atomic mass is 19.1. The zero-order valence-corrected chi connectivity index (χ0v) is 20.6. The lowest BCUT2D eigenvalue weighted by molar-refractivity contribution is 0.0793. The summed E-state index contributed by atoms with van der Waals surface area (Å²) in [5, 5.41) is 15.6. The lowest BCUT2D eigenvalue weighted by Gasteiger charge is -2.17. The van der Waals surface area contributed by atoms with Crippen molar-refractivity contribution >= 4 is 5.91 Å². The number of rotatable bonds is 8. The van der Waals surface area contributed by atoms with Crippen LogP contribution in [0, 0.1) is 12.7 Å². The average Bonchev–Trinajstić information content (AvgIpc) is 3.59. The molecule has 37 heavy (non-hydrogen) atoms. The number of hydrogen-bond acceptors (Lipinski definition) is 5. The number of H-pyrrole nitrogens is 1. The van der Waals surface area contributed by atoms with E-state index in [1.807, 2.05) is 55.5 Å². The molecule has 0 saturated carbocycles. The van der Waals surface area contributed by atoms with E-state index in [2.05, 4.69) is 20.4 Å². The van der Waals surface area contributed by atoms with Gasteiger partial charge in [0.05, 0.1) is 5.69 Å². The number of aryl methyl sites for hydroxylation is 2. The van der Waals surface area contributed by atoms with E-state index < -0.39 is 0 Å². The van der Waals surface area contributed by atoms with Crippen LogP contribution in [0.5, 0.6) is 0 Å². The first kappa shape index (κ1) is 24.1. The first-order chi connectivity index (χ1) is 18.0. The van der Waals surface area contributed by atoms with Gasteiger partial charge >= 0.3 is 0 Å². The van der Waals surface area contributed by atoms with Gasteiger partial charge < -0.3 is 9.32 Å². The van der Waals surface area contributed by atoms with Gasteiger partial charge in [-0.05, 0) is 74.4 Å². The minimum Gasteiger partial charge on any atom is -0.416 e. The molecule has 0 atom stereocenters. The van der Waals surface area contributed by atoms with Crippen LogP contribution in [0.4, 0.5) is 4.39 Å². The molecule has 0 saturated heterocycles. The number of amides is 1. The number of hydrogen-bond donors (Lipinski definition) is 1. The zero-order chi connectivity index (χ0) is 25.8. The lowest BCUT2D eigenvalue weighted by atomic mass is 10.1. The predicted molar refractivity (Wildman–Crippen MR) is 139 cm³/mol. The number of nitrogens with one attached hydrogen (secondary N) is 1. The summed E-state index contributed by atoms with van der Waals surface area (Å²) in [6.07, 6.45) is 1.48. The Balaban J connectivity index is 1.16. The van der Waals surface area contributed by atoms with Gasteiger partial charge in [0.1, 0.15) is 5.82 Å². The van der Waals surface area contributed by atoms with Crippen molar-refractivity contribution in [3.63, 3.8) is 0 Å². The lowest BCUT2D eigenvalue weighted by Crippen LogP contribution is -2.28. The molecule has 7 nitrogen and oxygen atoms in total. The Bertz CT molecular complexity index is 1520. The fraction of sp³-hybridized carbons (Fsp3) is 0.172. The van der Waals surface area contributed by atoms with E-state index >= 15 is 0 Å². The first-order valence-electron chi connectivity index (χ1n) is 12.0. The molecular formula is C29H26FN5O2. The summed E-state index contributed by atoms with van der Waals surface area (Å²) in [5.74, 6) is 0.502. The van der Waals surface area contributed by atoms with Gasteiger partial charge in [-0.25, -0.2) is 4.39 Å². The third kappa shape index (κ3) is 5.64. The molecule has 3 aromatic carbocycles. The number of benzene rings is 3. The summed E-state index contributed by atoms with van der Waals surface area (Å²) < 4.78 is 19.3. The summed E-state index contributed by atoms with van der Waals surface area (Å²) >= 11 is 0. The Hall–Kier alpha value is -4.59. The molecule has 8 heteroatoms. The monoisotopic (exact) mass is 495 g/mol. The fourth-order valence-corrected chi connectivity index (χ4v) is 4.10. The van der Waals surface area contributed by atoms with Crippen LogP contribution in [-0.2, 0) is 6.42 Å². The molecule has 2 heterocycles. The molecule has 1 N–H and O–H groups in total. The smallest absolute Gasteiger partial charge is 0.253 e. The second-order valence-electron chi connectivity index (χ2n) is 8.98. The second kappa shape index (κ2) is 10.6. The third-order valence-electron chi connectivity index (χ3n) is 6.11. The van der Waals surface area contributed by atoms with E-state index in [0.29, 0.717) is 29.6 Å². The van der Waals surface area contributed by atoms with Crippen molar-refractivity contribution in [2.75, 3.05) is 13.6 Å². The minimum atomic E-state index is -0.292. The molecule has 0 fully saturated rings. The first-order valence-corrected chi connectivity index (χ1v) is 12.0. The molecule has 0 radical (unpaired) electrons. The van der Waals surface area contributed by atoms with E-state index in [1.165, 1.54) is 12.1 Å². The van der Waals surface area contributed by atoms with Crippen molar-refractivity contribution in [3.05, 3.63) is 102 Å². The average molecular weight is 496 g/mol. The van der Waals surface area contributed by atoms with Crippen LogP contribution in [0.2, 0.25) is 0 Å². The Kier molecular flexibility index (Phi) is 6.89. The van der Waals surface area contributed by atoms with Crippen molar-refractivity contribution < 1.29 is 13.6 Å². The van der Waals surface area contributed by atoms with E-state index in [-0.39, 0.29) is 11.7 Å². The molecule has 2 aromatic heterocycles. The standard InChI is InChI=1S/C29H26FN5O2/c1-19-6-3-8-23(16-19)28-34-33-27(37-28)20-11-13-21(14-12-20)29(36)35(2)15-5-10-25-18-26(32-31-25)22-7-4-9-24(30)17-22/h3-4,6-9,11-14,16-18H,5,10,15H2,1-2H3,(H,31,32). The summed E-state index contributed by atoms with van der Waals surface area (Å²) in [7, 11) is 1.79. The number of aromatic nitrogens is 4. The quantitative estimate of drug-likeness (QED) is 0.288.